The molecular formula is C21H20O6. The topological polar surface area (TPSA) is 75.0 Å². The van der Waals surface area contributed by atoms with Gasteiger partial charge in [0.25, 0.3) is 0 Å². The molecule has 0 fully saturated rings. The van der Waals surface area contributed by atoms with Crippen molar-refractivity contribution in [3.63, 3.8) is 0 Å². The van der Waals surface area contributed by atoms with E-state index in [1.165, 1.54) is 20.3 Å². The number of benzene rings is 2. The maximum Gasteiger partial charge on any atom is 0.346 e. The zero-order valence-corrected chi connectivity index (χ0v) is 15.6. The fraction of sp³-hybridized carbons (Fsp3) is 0.238. The van der Waals surface area contributed by atoms with E-state index < -0.39 is 11.6 Å². The molecule has 6 heteroatoms. The monoisotopic (exact) mass is 368 g/mol. The number of carbonyl (C=O) groups excluding carboxylic acids is 1. The number of aryl methyl sites for hydroxylation is 2. The Bertz CT molecular complexity index is 1040. The van der Waals surface area contributed by atoms with Crippen molar-refractivity contribution in [2.24, 2.45) is 0 Å². The Hall–Kier alpha value is -3.28. The van der Waals surface area contributed by atoms with E-state index in [-0.39, 0.29) is 12.2 Å². The van der Waals surface area contributed by atoms with Gasteiger partial charge in [0, 0.05) is 17.0 Å². The second kappa shape index (κ2) is 7.53. The van der Waals surface area contributed by atoms with Crippen LogP contribution in [-0.2, 0) is 11.3 Å². The van der Waals surface area contributed by atoms with Crippen molar-refractivity contribution in [2.45, 2.75) is 20.5 Å². The van der Waals surface area contributed by atoms with Crippen LogP contribution < -0.4 is 15.1 Å². The van der Waals surface area contributed by atoms with Gasteiger partial charge in [-0.2, -0.15) is 0 Å². The van der Waals surface area contributed by atoms with E-state index in [0.717, 1.165) is 16.5 Å². The van der Waals surface area contributed by atoms with Gasteiger partial charge in [0.05, 0.1) is 14.2 Å². The second-order valence-electron chi connectivity index (χ2n) is 6.09. The van der Waals surface area contributed by atoms with Crippen molar-refractivity contribution in [2.75, 3.05) is 14.2 Å². The highest BCUT2D eigenvalue weighted by Gasteiger charge is 2.20. The van der Waals surface area contributed by atoms with E-state index in [4.69, 9.17) is 18.6 Å². The summed E-state index contributed by atoms with van der Waals surface area (Å²) in [7, 11) is 2.93. The Morgan fingerprint density at radius 2 is 1.70 bits per heavy atom. The molecule has 3 aromatic rings. The minimum absolute atomic E-state index is 0.0787. The molecule has 0 aliphatic carbocycles. The average Bonchev–Trinajstić information content (AvgIpc) is 2.68. The van der Waals surface area contributed by atoms with Gasteiger partial charge in [-0.15, -0.1) is 0 Å². The molecule has 0 radical (unpaired) electrons. The van der Waals surface area contributed by atoms with Crippen LogP contribution in [0.2, 0.25) is 0 Å². The molecule has 0 atom stereocenters. The molecule has 1 aromatic heterocycles. The van der Waals surface area contributed by atoms with Crippen LogP contribution in [0.15, 0.2) is 45.6 Å². The maximum atomic E-state index is 12.6. The molecule has 6 nitrogen and oxygen atoms in total. The molecule has 0 aliphatic rings. The van der Waals surface area contributed by atoms with Gasteiger partial charge < -0.3 is 18.6 Å². The Labute approximate surface area is 156 Å². The number of hydrogen-bond donors (Lipinski definition) is 0. The Morgan fingerprint density at radius 3 is 2.33 bits per heavy atom. The highest BCUT2D eigenvalue weighted by atomic mass is 16.5. The lowest BCUT2D eigenvalue weighted by atomic mass is 10.0. The summed E-state index contributed by atoms with van der Waals surface area (Å²) in [5.74, 6) is 0.0982. The molecule has 2 aromatic carbocycles. The minimum atomic E-state index is -0.602. The fourth-order valence-electron chi connectivity index (χ4n) is 2.91. The number of ether oxygens (including phenoxy) is 3. The van der Waals surface area contributed by atoms with E-state index in [1.54, 1.807) is 18.2 Å². The molecule has 27 heavy (non-hydrogen) atoms. The molecule has 0 spiro atoms. The molecule has 1 heterocycles. The number of rotatable bonds is 5. The van der Waals surface area contributed by atoms with Gasteiger partial charge in [0.2, 0.25) is 0 Å². The van der Waals surface area contributed by atoms with Crippen LogP contribution in [0, 0.1) is 13.8 Å². The summed E-state index contributed by atoms with van der Waals surface area (Å²) in [6.07, 6.45) is 0. The zero-order chi connectivity index (χ0) is 19.6. The van der Waals surface area contributed by atoms with Gasteiger partial charge in [-0.3, -0.25) is 0 Å². The molecule has 0 amide bonds. The van der Waals surface area contributed by atoms with Crippen molar-refractivity contribution in [3.8, 4) is 11.5 Å². The quantitative estimate of drug-likeness (QED) is 0.504. The Balaban J connectivity index is 1.95. The van der Waals surface area contributed by atoms with Gasteiger partial charge in [-0.1, -0.05) is 18.2 Å². The number of fused-ring (bicyclic) bond motifs is 1. The Morgan fingerprint density at radius 1 is 1.04 bits per heavy atom. The lowest BCUT2D eigenvalue weighted by molar-refractivity contribution is 0.0466. The zero-order valence-electron chi connectivity index (χ0n) is 15.6. The molecule has 0 saturated heterocycles. The largest absolute Gasteiger partial charge is 0.496 e. The van der Waals surface area contributed by atoms with Crippen LogP contribution >= 0.6 is 0 Å². The SMILES string of the molecule is COc1cccc(OC)c1C(=O)OCc1cc(=O)oc2c(C)c(C)ccc12. The molecule has 3 rings (SSSR count). The summed E-state index contributed by atoms with van der Waals surface area (Å²) < 4.78 is 21.3. The van der Waals surface area contributed by atoms with Crippen molar-refractivity contribution in [1.82, 2.24) is 0 Å². The van der Waals surface area contributed by atoms with Crippen LogP contribution in [-0.4, -0.2) is 20.2 Å². The third-order valence-electron chi connectivity index (χ3n) is 4.51. The lowest BCUT2D eigenvalue weighted by Crippen LogP contribution is -2.11. The maximum absolute atomic E-state index is 12.6. The van der Waals surface area contributed by atoms with Crippen LogP contribution in [0.3, 0.4) is 0 Å². The normalized spacial score (nSPS) is 10.7. The lowest BCUT2D eigenvalue weighted by Gasteiger charge is -2.13. The first-order valence-corrected chi connectivity index (χ1v) is 8.37. The van der Waals surface area contributed by atoms with E-state index in [1.807, 2.05) is 26.0 Å². The molecule has 0 N–H and O–H groups in total. The van der Waals surface area contributed by atoms with Crippen molar-refractivity contribution in [3.05, 3.63) is 69.1 Å². The fourth-order valence-corrected chi connectivity index (χ4v) is 2.91. The molecular weight excluding hydrogens is 348 g/mol. The van der Waals surface area contributed by atoms with Gasteiger partial charge in [-0.05, 0) is 37.1 Å². The summed E-state index contributed by atoms with van der Waals surface area (Å²) in [6, 6.07) is 10.1. The minimum Gasteiger partial charge on any atom is -0.496 e. The van der Waals surface area contributed by atoms with Crippen molar-refractivity contribution in [1.29, 1.82) is 0 Å². The Kier molecular flexibility index (Phi) is 5.16. The second-order valence-corrected chi connectivity index (χ2v) is 6.09. The summed E-state index contributed by atoms with van der Waals surface area (Å²) in [6.45, 7) is 3.75. The van der Waals surface area contributed by atoms with Gasteiger partial charge in [-0.25, -0.2) is 9.59 Å². The average molecular weight is 368 g/mol. The summed E-state index contributed by atoms with van der Waals surface area (Å²) in [5.41, 5.74) is 2.68. The first kappa shape index (κ1) is 18.5. The van der Waals surface area contributed by atoms with Gasteiger partial charge in [0.1, 0.15) is 29.3 Å². The standard InChI is InChI=1S/C21H20O6/c1-12-8-9-15-14(10-18(22)27-20(15)13(12)2)11-26-21(23)19-16(24-3)6-5-7-17(19)25-4/h5-10H,11H2,1-4H3. The summed E-state index contributed by atoms with van der Waals surface area (Å²) in [4.78, 5) is 24.6. The summed E-state index contributed by atoms with van der Waals surface area (Å²) >= 11 is 0. The summed E-state index contributed by atoms with van der Waals surface area (Å²) in [5, 5.41) is 0.734. The molecule has 0 unspecified atom stereocenters. The number of hydrogen-bond acceptors (Lipinski definition) is 6. The van der Waals surface area contributed by atoms with Crippen LogP contribution in [0.5, 0.6) is 11.5 Å². The third kappa shape index (κ3) is 3.51. The smallest absolute Gasteiger partial charge is 0.346 e. The van der Waals surface area contributed by atoms with E-state index >= 15 is 0 Å². The van der Waals surface area contributed by atoms with Gasteiger partial charge >= 0.3 is 11.6 Å². The highest BCUT2D eigenvalue weighted by molar-refractivity contribution is 5.96. The number of esters is 1. The third-order valence-corrected chi connectivity index (χ3v) is 4.51. The molecule has 0 aliphatic heterocycles. The van der Waals surface area contributed by atoms with E-state index in [9.17, 15) is 9.59 Å². The molecule has 0 bridgehead atoms. The predicted octanol–water partition coefficient (Wildman–Crippen LogP) is 3.78. The van der Waals surface area contributed by atoms with E-state index in [2.05, 4.69) is 0 Å². The van der Waals surface area contributed by atoms with Crippen LogP contribution in [0.4, 0.5) is 0 Å². The highest BCUT2D eigenvalue weighted by Crippen LogP contribution is 2.30. The van der Waals surface area contributed by atoms with Crippen molar-refractivity contribution >= 4 is 16.9 Å². The van der Waals surface area contributed by atoms with Crippen LogP contribution in [0.25, 0.3) is 11.0 Å². The first-order chi connectivity index (χ1) is 13.0. The predicted molar refractivity (Wildman–Crippen MR) is 101 cm³/mol. The van der Waals surface area contributed by atoms with Crippen LogP contribution in [0.1, 0.15) is 27.0 Å². The number of methoxy groups -OCH3 is 2. The first-order valence-electron chi connectivity index (χ1n) is 8.37. The van der Waals surface area contributed by atoms with Crippen molar-refractivity contribution < 1.29 is 23.4 Å². The van der Waals surface area contributed by atoms with Gasteiger partial charge in [0.15, 0.2) is 0 Å². The number of carbonyl (C=O) groups is 1. The molecule has 140 valence electrons. The van der Waals surface area contributed by atoms with E-state index in [0.29, 0.717) is 22.6 Å². The molecule has 0 saturated carbocycles.